The number of rotatable bonds is 5. The molecule has 2 rings (SSSR count). The molecular weight excluding hydrogens is 268 g/mol. The lowest BCUT2D eigenvalue weighted by Gasteiger charge is -2.20. The Balaban J connectivity index is 2.10. The number of hydrogen-bond donors (Lipinski definition) is 3. The van der Waals surface area contributed by atoms with Crippen LogP contribution in [0.15, 0.2) is 18.2 Å². The number of anilines is 1. The zero-order valence-corrected chi connectivity index (χ0v) is 12.5. The van der Waals surface area contributed by atoms with Gasteiger partial charge in [-0.3, -0.25) is 4.79 Å². The van der Waals surface area contributed by atoms with Crippen molar-refractivity contribution in [2.45, 2.75) is 39.2 Å². The lowest BCUT2D eigenvalue weighted by molar-refractivity contribution is -0.139. The van der Waals surface area contributed by atoms with E-state index in [0.29, 0.717) is 12.0 Å². The van der Waals surface area contributed by atoms with Crippen molar-refractivity contribution in [1.29, 1.82) is 0 Å². The highest BCUT2D eigenvalue weighted by Gasteiger charge is 2.22. The molecule has 1 aliphatic rings. The van der Waals surface area contributed by atoms with E-state index >= 15 is 0 Å². The zero-order valence-electron chi connectivity index (χ0n) is 12.5. The number of carbonyl (C=O) groups is 2. The number of fused-ring (bicyclic) bond motifs is 1. The summed E-state index contributed by atoms with van der Waals surface area (Å²) in [7, 11) is 0. The molecule has 21 heavy (non-hydrogen) atoms. The van der Waals surface area contributed by atoms with Gasteiger partial charge in [-0.2, -0.15) is 0 Å². The molecule has 1 aromatic rings. The molecule has 1 aliphatic heterocycles. The van der Waals surface area contributed by atoms with Crippen LogP contribution in [0.1, 0.15) is 42.6 Å². The van der Waals surface area contributed by atoms with Crippen LogP contribution in [-0.2, 0) is 11.2 Å². The number of nitrogens with one attached hydrogen (secondary N) is 2. The van der Waals surface area contributed by atoms with E-state index in [1.165, 1.54) is 0 Å². The maximum absolute atomic E-state index is 12.2. The average molecular weight is 290 g/mol. The van der Waals surface area contributed by atoms with E-state index in [2.05, 4.69) is 10.6 Å². The highest BCUT2D eigenvalue weighted by Crippen LogP contribution is 2.23. The molecule has 5 nitrogen and oxygen atoms in total. The van der Waals surface area contributed by atoms with Gasteiger partial charge in [-0.05, 0) is 48.9 Å². The normalized spacial score (nSPS) is 15.0. The summed E-state index contributed by atoms with van der Waals surface area (Å²) in [6, 6.07) is 4.64. The summed E-state index contributed by atoms with van der Waals surface area (Å²) in [6.45, 7) is 4.83. The Bertz CT molecular complexity index is 540. The van der Waals surface area contributed by atoms with E-state index in [1.54, 1.807) is 6.07 Å². The molecule has 0 radical (unpaired) electrons. The Labute approximate surface area is 124 Å². The Morgan fingerprint density at radius 1 is 1.38 bits per heavy atom. The molecule has 0 saturated carbocycles. The molecule has 1 heterocycles. The molecule has 0 fully saturated rings. The minimum atomic E-state index is -0.989. The molecule has 5 heteroatoms. The molecule has 0 unspecified atom stereocenters. The first-order valence-electron chi connectivity index (χ1n) is 7.38. The largest absolute Gasteiger partial charge is 0.480 e. The third-order valence-corrected chi connectivity index (χ3v) is 3.62. The number of carboxylic acids is 1. The van der Waals surface area contributed by atoms with Crippen molar-refractivity contribution < 1.29 is 14.7 Å². The summed E-state index contributed by atoms with van der Waals surface area (Å²) in [6.07, 6.45) is 2.41. The molecule has 3 N–H and O–H groups in total. The van der Waals surface area contributed by atoms with Gasteiger partial charge in [0.25, 0.3) is 5.91 Å². The molecule has 0 spiro atoms. The van der Waals surface area contributed by atoms with Crippen LogP contribution in [0.3, 0.4) is 0 Å². The maximum Gasteiger partial charge on any atom is 0.326 e. The average Bonchev–Trinajstić information content (AvgIpc) is 2.45. The van der Waals surface area contributed by atoms with Gasteiger partial charge in [0.1, 0.15) is 6.04 Å². The quantitative estimate of drug-likeness (QED) is 0.777. The Morgan fingerprint density at radius 2 is 2.14 bits per heavy atom. The van der Waals surface area contributed by atoms with Crippen LogP contribution in [0.25, 0.3) is 0 Å². The van der Waals surface area contributed by atoms with Crippen LogP contribution in [0.2, 0.25) is 0 Å². The van der Waals surface area contributed by atoms with E-state index in [0.717, 1.165) is 30.6 Å². The van der Waals surface area contributed by atoms with Gasteiger partial charge in [0.05, 0.1) is 0 Å². The van der Waals surface area contributed by atoms with Gasteiger partial charge in [0, 0.05) is 17.8 Å². The monoisotopic (exact) mass is 290 g/mol. The number of benzene rings is 1. The number of amides is 1. The lowest BCUT2D eigenvalue weighted by Crippen LogP contribution is -2.41. The zero-order chi connectivity index (χ0) is 15.4. The summed E-state index contributed by atoms with van der Waals surface area (Å²) in [5.41, 5.74) is 2.70. The molecule has 0 bridgehead atoms. The number of carbonyl (C=O) groups excluding carboxylic acids is 1. The first kappa shape index (κ1) is 15.4. The van der Waals surface area contributed by atoms with Crippen molar-refractivity contribution in [2.24, 2.45) is 5.92 Å². The van der Waals surface area contributed by atoms with Crippen LogP contribution < -0.4 is 10.6 Å². The summed E-state index contributed by atoms with van der Waals surface area (Å²) in [5, 5.41) is 15.1. The molecule has 0 aromatic heterocycles. The van der Waals surface area contributed by atoms with Crippen molar-refractivity contribution in [3.8, 4) is 0 Å². The minimum absolute atomic E-state index is 0.208. The smallest absolute Gasteiger partial charge is 0.326 e. The minimum Gasteiger partial charge on any atom is -0.480 e. The third kappa shape index (κ3) is 3.97. The third-order valence-electron chi connectivity index (χ3n) is 3.62. The molecule has 0 saturated heterocycles. The standard InChI is InChI=1S/C16H22N2O3/c1-10(2)8-14(16(20)21)18-15(19)12-5-6-13-11(9-12)4-3-7-17-13/h5-6,9-10,14,17H,3-4,7-8H2,1-2H3,(H,18,19)(H,20,21)/t14-/m0/s1. The van der Waals surface area contributed by atoms with Crippen molar-refractivity contribution in [3.63, 3.8) is 0 Å². The SMILES string of the molecule is CC(C)C[C@H](NC(=O)c1ccc2c(c1)CCCN2)C(=O)O. The highest BCUT2D eigenvalue weighted by atomic mass is 16.4. The van der Waals surface area contributed by atoms with Crippen molar-refractivity contribution >= 4 is 17.6 Å². The Kier molecular flexibility index (Phi) is 4.83. The van der Waals surface area contributed by atoms with E-state index in [1.807, 2.05) is 26.0 Å². The highest BCUT2D eigenvalue weighted by molar-refractivity contribution is 5.97. The first-order valence-corrected chi connectivity index (χ1v) is 7.38. The Morgan fingerprint density at radius 3 is 2.81 bits per heavy atom. The first-order chi connectivity index (χ1) is 9.97. The van der Waals surface area contributed by atoms with Crippen molar-refractivity contribution in [2.75, 3.05) is 11.9 Å². The number of aliphatic carboxylic acids is 1. The molecular formula is C16H22N2O3. The topological polar surface area (TPSA) is 78.4 Å². The number of carboxylic acid groups (broad SMARTS) is 1. The van der Waals surface area contributed by atoms with Crippen LogP contribution >= 0.6 is 0 Å². The number of hydrogen-bond acceptors (Lipinski definition) is 3. The van der Waals surface area contributed by atoms with Gasteiger partial charge >= 0.3 is 5.97 Å². The van der Waals surface area contributed by atoms with E-state index < -0.39 is 12.0 Å². The maximum atomic E-state index is 12.2. The van der Waals surface area contributed by atoms with Gasteiger partial charge < -0.3 is 15.7 Å². The summed E-state index contributed by atoms with van der Waals surface area (Å²) in [4.78, 5) is 23.4. The van der Waals surface area contributed by atoms with Crippen LogP contribution in [0.5, 0.6) is 0 Å². The van der Waals surface area contributed by atoms with Crippen LogP contribution in [-0.4, -0.2) is 29.6 Å². The fraction of sp³-hybridized carbons (Fsp3) is 0.500. The van der Waals surface area contributed by atoms with Crippen molar-refractivity contribution in [1.82, 2.24) is 5.32 Å². The van der Waals surface area contributed by atoms with Crippen molar-refractivity contribution in [3.05, 3.63) is 29.3 Å². The van der Waals surface area contributed by atoms with E-state index in [4.69, 9.17) is 0 Å². The summed E-state index contributed by atoms with van der Waals surface area (Å²) >= 11 is 0. The van der Waals surface area contributed by atoms with Gasteiger partial charge in [-0.1, -0.05) is 13.8 Å². The number of aryl methyl sites for hydroxylation is 1. The molecule has 114 valence electrons. The Hall–Kier alpha value is -2.04. The second kappa shape index (κ2) is 6.61. The molecule has 1 atom stereocenters. The van der Waals surface area contributed by atoms with Crippen LogP contribution in [0, 0.1) is 5.92 Å². The van der Waals surface area contributed by atoms with Gasteiger partial charge in [-0.15, -0.1) is 0 Å². The van der Waals surface area contributed by atoms with Crippen LogP contribution in [0.4, 0.5) is 5.69 Å². The van der Waals surface area contributed by atoms with E-state index in [9.17, 15) is 14.7 Å². The van der Waals surface area contributed by atoms with E-state index in [-0.39, 0.29) is 11.8 Å². The molecule has 1 aromatic carbocycles. The molecule has 0 aliphatic carbocycles. The molecule has 1 amide bonds. The second-order valence-corrected chi connectivity index (χ2v) is 5.90. The predicted molar refractivity (Wildman–Crippen MR) is 81.6 cm³/mol. The summed E-state index contributed by atoms with van der Waals surface area (Å²) < 4.78 is 0. The fourth-order valence-electron chi connectivity index (χ4n) is 2.55. The second-order valence-electron chi connectivity index (χ2n) is 5.90. The fourth-order valence-corrected chi connectivity index (χ4v) is 2.55. The summed E-state index contributed by atoms with van der Waals surface area (Å²) in [5.74, 6) is -1.10. The van der Waals surface area contributed by atoms with Gasteiger partial charge in [-0.25, -0.2) is 4.79 Å². The van der Waals surface area contributed by atoms with Gasteiger partial charge in [0.15, 0.2) is 0 Å². The van der Waals surface area contributed by atoms with Gasteiger partial charge in [0.2, 0.25) is 0 Å². The predicted octanol–water partition coefficient (Wildman–Crippen LogP) is 2.27. The lowest BCUT2D eigenvalue weighted by atomic mass is 9.99.